The maximum absolute atomic E-state index is 4.13. The molecule has 0 spiro atoms. The van der Waals surface area contributed by atoms with Crippen LogP contribution in [0.4, 0.5) is 0 Å². The molecule has 8 heavy (non-hydrogen) atoms. The van der Waals surface area contributed by atoms with E-state index >= 15 is 0 Å². The number of halogens is 1. The molecule has 46 valence electrons. The van der Waals surface area contributed by atoms with Crippen molar-refractivity contribution in [1.29, 1.82) is 0 Å². The summed E-state index contributed by atoms with van der Waals surface area (Å²) in [7, 11) is 0. The standard InChI is InChI=1S/C6H10IN/c1-3-5-6(7)8-4-2/h3,5H,4H2,1-2H3/b5-3-,8-6?. The predicted molar refractivity (Wildman–Crippen MR) is 46.8 cm³/mol. The summed E-state index contributed by atoms with van der Waals surface area (Å²) in [6.07, 6.45) is 3.98. The first-order valence-corrected chi connectivity index (χ1v) is 3.71. The number of aliphatic imine (C=N–C) groups is 1. The summed E-state index contributed by atoms with van der Waals surface area (Å²) in [6, 6.07) is 0. The van der Waals surface area contributed by atoms with Gasteiger partial charge in [-0.05, 0) is 42.5 Å². The third-order valence-electron chi connectivity index (χ3n) is 0.613. The molecule has 0 fully saturated rings. The van der Waals surface area contributed by atoms with Gasteiger partial charge in [-0.3, -0.25) is 4.99 Å². The van der Waals surface area contributed by atoms with E-state index in [-0.39, 0.29) is 0 Å². The first-order valence-electron chi connectivity index (χ1n) is 2.64. The molecule has 0 aromatic rings. The second kappa shape index (κ2) is 5.28. The second-order valence-electron chi connectivity index (χ2n) is 1.30. The van der Waals surface area contributed by atoms with Gasteiger partial charge in [-0.1, -0.05) is 6.08 Å². The smallest absolute Gasteiger partial charge is 0.0950 e. The predicted octanol–water partition coefficient (Wildman–Crippen LogP) is 2.42. The Kier molecular flexibility index (Phi) is 5.37. The highest BCUT2D eigenvalue weighted by Gasteiger charge is 1.77. The Morgan fingerprint density at radius 1 is 1.75 bits per heavy atom. The lowest BCUT2D eigenvalue weighted by atomic mass is 10.6. The van der Waals surface area contributed by atoms with Gasteiger partial charge in [0.1, 0.15) is 0 Å². The van der Waals surface area contributed by atoms with Crippen LogP contribution in [0, 0.1) is 0 Å². The minimum Gasteiger partial charge on any atom is -0.279 e. The number of allylic oxidation sites excluding steroid dienone is 2. The van der Waals surface area contributed by atoms with E-state index in [2.05, 4.69) is 27.6 Å². The monoisotopic (exact) mass is 223 g/mol. The van der Waals surface area contributed by atoms with Crippen molar-refractivity contribution in [2.24, 2.45) is 4.99 Å². The Hall–Kier alpha value is 0.140. The van der Waals surface area contributed by atoms with E-state index in [0.29, 0.717) is 0 Å². The molecule has 0 bridgehead atoms. The molecule has 0 unspecified atom stereocenters. The fourth-order valence-corrected chi connectivity index (χ4v) is 1.04. The lowest BCUT2D eigenvalue weighted by Gasteiger charge is -1.83. The molecule has 0 aliphatic rings. The van der Waals surface area contributed by atoms with E-state index in [0.717, 1.165) is 10.3 Å². The number of nitrogens with zero attached hydrogens (tertiary/aromatic N) is 1. The van der Waals surface area contributed by atoms with Crippen molar-refractivity contribution in [3.8, 4) is 0 Å². The Balaban J connectivity index is 3.61. The zero-order valence-corrected chi connectivity index (χ0v) is 7.34. The third kappa shape index (κ3) is 4.30. The normalized spacial score (nSPS) is 13.1. The minimum atomic E-state index is 0.878. The summed E-state index contributed by atoms with van der Waals surface area (Å²) in [5.74, 6) is 0. The summed E-state index contributed by atoms with van der Waals surface area (Å²) < 4.78 is 1.08. The molecule has 0 N–H and O–H groups in total. The summed E-state index contributed by atoms with van der Waals surface area (Å²) in [5, 5.41) is 0. The van der Waals surface area contributed by atoms with Crippen LogP contribution < -0.4 is 0 Å². The van der Waals surface area contributed by atoms with E-state index in [1.807, 2.05) is 26.0 Å². The quantitative estimate of drug-likeness (QED) is 0.503. The van der Waals surface area contributed by atoms with Crippen molar-refractivity contribution in [1.82, 2.24) is 0 Å². The van der Waals surface area contributed by atoms with E-state index in [4.69, 9.17) is 0 Å². The van der Waals surface area contributed by atoms with Crippen LogP contribution in [0.3, 0.4) is 0 Å². The largest absolute Gasteiger partial charge is 0.279 e. The average Bonchev–Trinajstić information content (AvgIpc) is 1.68. The molecular formula is C6H10IN. The fraction of sp³-hybridized carbons (Fsp3) is 0.500. The van der Waals surface area contributed by atoms with E-state index < -0.39 is 0 Å². The molecular weight excluding hydrogens is 213 g/mol. The highest BCUT2D eigenvalue weighted by molar-refractivity contribution is 14.1. The van der Waals surface area contributed by atoms with Gasteiger partial charge in [0.15, 0.2) is 0 Å². The highest BCUT2D eigenvalue weighted by atomic mass is 127. The zero-order valence-electron chi connectivity index (χ0n) is 5.19. The van der Waals surface area contributed by atoms with Crippen LogP contribution in [-0.2, 0) is 0 Å². The molecule has 0 radical (unpaired) electrons. The van der Waals surface area contributed by atoms with Crippen LogP contribution >= 0.6 is 22.6 Å². The molecule has 0 aliphatic heterocycles. The Bertz CT molecular complexity index is 105. The van der Waals surface area contributed by atoms with Gasteiger partial charge in [0.25, 0.3) is 0 Å². The van der Waals surface area contributed by atoms with E-state index in [1.165, 1.54) is 0 Å². The third-order valence-corrected chi connectivity index (χ3v) is 1.31. The van der Waals surface area contributed by atoms with E-state index in [1.54, 1.807) is 0 Å². The number of rotatable bonds is 2. The van der Waals surface area contributed by atoms with Gasteiger partial charge in [-0.15, -0.1) is 0 Å². The van der Waals surface area contributed by atoms with Crippen LogP contribution in [0.1, 0.15) is 13.8 Å². The summed E-state index contributed by atoms with van der Waals surface area (Å²) in [4.78, 5) is 4.13. The van der Waals surface area contributed by atoms with Crippen molar-refractivity contribution < 1.29 is 0 Å². The average molecular weight is 223 g/mol. The van der Waals surface area contributed by atoms with Crippen molar-refractivity contribution >= 4 is 26.3 Å². The molecule has 0 aliphatic carbocycles. The topological polar surface area (TPSA) is 12.4 Å². The van der Waals surface area contributed by atoms with Crippen molar-refractivity contribution in [3.05, 3.63) is 12.2 Å². The van der Waals surface area contributed by atoms with Gasteiger partial charge in [-0.25, -0.2) is 0 Å². The summed E-state index contributed by atoms with van der Waals surface area (Å²) >= 11 is 2.20. The van der Waals surface area contributed by atoms with Crippen LogP contribution in [0.2, 0.25) is 0 Å². The molecule has 1 nitrogen and oxygen atoms in total. The SMILES string of the molecule is C/C=C\C(I)=NCC. The lowest BCUT2D eigenvalue weighted by Crippen LogP contribution is -1.78. The fourth-order valence-electron chi connectivity index (χ4n) is 0.341. The first-order chi connectivity index (χ1) is 3.81. The van der Waals surface area contributed by atoms with Crippen LogP contribution in [0.15, 0.2) is 17.1 Å². The molecule has 2 heteroatoms. The van der Waals surface area contributed by atoms with Gasteiger partial charge >= 0.3 is 0 Å². The van der Waals surface area contributed by atoms with Crippen LogP contribution in [-0.4, -0.2) is 10.3 Å². The minimum absolute atomic E-state index is 0.878. The molecule has 0 heterocycles. The summed E-state index contributed by atoms with van der Waals surface area (Å²) in [5.41, 5.74) is 0. The van der Waals surface area contributed by atoms with Crippen LogP contribution in [0.5, 0.6) is 0 Å². The highest BCUT2D eigenvalue weighted by Crippen LogP contribution is 1.91. The number of hydrogen-bond acceptors (Lipinski definition) is 1. The van der Waals surface area contributed by atoms with Crippen LogP contribution in [0.25, 0.3) is 0 Å². The van der Waals surface area contributed by atoms with Gasteiger partial charge in [0.2, 0.25) is 0 Å². The lowest BCUT2D eigenvalue weighted by molar-refractivity contribution is 1.14. The maximum Gasteiger partial charge on any atom is 0.0950 e. The molecule has 0 saturated carbocycles. The van der Waals surface area contributed by atoms with Crippen molar-refractivity contribution in [2.75, 3.05) is 6.54 Å². The Morgan fingerprint density at radius 3 is 2.75 bits per heavy atom. The maximum atomic E-state index is 4.13. The Labute approximate surface area is 64.0 Å². The van der Waals surface area contributed by atoms with Crippen molar-refractivity contribution in [3.63, 3.8) is 0 Å². The van der Waals surface area contributed by atoms with Gasteiger partial charge in [0, 0.05) is 6.54 Å². The molecule has 0 amide bonds. The van der Waals surface area contributed by atoms with E-state index in [9.17, 15) is 0 Å². The molecule has 0 saturated heterocycles. The van der Waals surface area contributed by atoms with Gasteiger partial charge in [0.05, 0.1) is 3.72 Å². The number of hydrogen-bond donors (Lipinski definition) is 0. The molecule has 0 aromatic carbocycles. The second-order valence-corrected chi connectivity index (χ2v) is 2.40. The van der Waals surface area contributed by atoms with Crippen molar-refractivity contribution in [2.45, 2.75) is 13.8 Å². The Morgan fingerprint density at radius 2 is 2.38 bits per heavy atom. The zero-order chi connectivity index (χ0) is 6.41. The first kappa shape index (κ1) is 8.14. The van der Waals surface area contributed by atoms with Gasteiger partial charge < -0.3 is 0 Å². The molecule has 0 rings (SSSR count). The molecule has 0 atom stereocenters. The van der Waals surface area contributed by atoms with Gasteiger partial charge in [-0.2, -0.15) is 0 Å². The molecule has 0 aromatic heterocycles. The summed E-state index contributed by atoms with van der Waals surface area (Å²) in [6.45, 7) is 4.90.